The summed E-state index contributed by atoms with van der Waals surface area (Å²) in [5.74, 6) is 2.76. The minimum atomic E-state index is 0.00794. The topological polar surface area (TPSA) is 40.5 Å². The SMILES string of the molecule is C#CCn1cc2c3c(cccc31)C1=C[C@H](NC(=O)N(CC)CC)CN(C)[C@@H]1C2. The first kappa shape index (κ1) is 18.6. The molecule has 0 spiro atoms. The number of terminal acetylenes is 1. The molecule has 0 radical (unpaired) electrons. The number of benzene rings is 1. The number of hydrogen-bond donors (Lipinski definition) is 1. The van der Waals surface area contributed by atoms with Crippen molar-refractivity contribution in [1.29, 1.82) is 0 Å². The normalized spacial score (nSPS) is 21.0. The van der Waals surface area contributed by atoms with E-state index in [0.29, 0.717) is 12.6 Å². The molecule has 146 valence electrons. The van der Waals surface area contributed by atoms with Crippen molar-refractivity contribution in [2.75, 3.05) is 26.7 Å². The van der Waals surface area contributed by atoms with Gasteiger partial charge >= 0.3 is 6.03 Å². The zero-order chi connectivity index (χ0) is 19.8. The monoisotopic (exact) mass is 376 g/mol. The van der Waals surface area contributed by atoms with Crippen LogP contribution in [0.25, 0.3) is 16.5 Å². The number of aromatic nitrogens is 1. The van der Waals surface area contributed by atoms with Crippen molar-refractivity contribution in [3.63, 3.8) is 0 Å². The van der Waals surface area contributed by atoms with Crippen LogP contribution in [0.1, 0.15) is 25.0 Å². The molecule has 0 saturated heterocycles. The second-order valence-corrected chi connectivity index (χ2v) is 7.70. The molecule has 1 aromatic heterocycles. The lowest BCUT2D eigenvalue weighted by molar-refractivity contribution is 0.193. The number of nitrogens with zero attached hydrogens (tertiary/aromatic N) is 3. The fourth-order valence-electron chi connectivity index (χ4n) is 4.71. The van der Waals surface area contributed by atoms with Gasteiger partial charge in [0.15, 0.2) is 0 Å². The summed E-state index contributed by atoms with van der Waals surface area (Å²) in [6, 6.07) is 6.80. The van der Waals surface area contributed by atoms with Crippen LogP contribution in [-0.4, -0.2) is 59.2 Å². The molecule has 0 unspecified atom stereocenters. The molecule has 1 aliphatic heterocycles. The Morgan fingerprint density at radius 1 is 1.36 bits per heavy atom. The van der Waals surface area contributed by atoms with Gasteiger partial charge in [-0.05, 0) is 50.1 Å². The van der Waals surface area contributed by atoms with E-state index in [2.05, 4.69) is 58.2 Å². The van der Waals surface area contributed by atoms with Gasteiger partial charge in [0.05, 0.1) is 12.6 Å². The molecule has 0 saturated carbocycles. The Bertz CT molecular complexity index is 976. The molecule has 1 aromatic carbocycles. The number of nitrogens with one attached hydrogen (secondary N) is 1. The van der Waals surface area contributed by atoms with Crippen molar-refractivity contribution >= 4 is 22.5 Å². The Labute approximate surface area is 167 Å². The van der Waals surface area contributed by atoms with E-state index < -0.39 is 0 Å². The Balaban J connectivity index is 1.73. The summed E-state index contributed by atoms with van der Waals surface area (Å²) in [5, 5.41) is 4.51. The molecule has 0 bridgehead atoms. The molecule has 5 heteroatoms. The summed E-state index contributed by atoms with van der Waals surface area (Å²) in [4.78, 5) is 16.7. The van der Waals surface area contributed by atoms with Gasteiger partial charge in [-0.25, -0.2) is 4.79 Å². The number of amides is 2. The summed E-state index contributed by atoms with van der Waals surface area (Å²) in [7, 11) is 2.15. The lowest BCUT2D eigenvalue weighted by Gasteiger charge is -2.40. The standard InChI is InChI=1S/C23H28N4O/c1-5-11-27-14-16-12-21-19(18-9-8-10-20(27)22(16)18)13-17(15-25(21)4)24-23(28)26(6-2)7-3/h1,8-10,13-14,17,21H,6-7,11-12,15H2,2-4H3,(H,24,28)/t17-,21+/m0/s1. The average molecular weight is 377 g/mol. The van der Waals surface area contributed by atoms with Crippen molar-refractivity contribution < 1.29 is 4.79 Å². The molecule has 1 aliphatic carbocycles. The van der Waals surface area contributed by atoms with Crippen LogP contribution in [0.3, 0.4) is 0 Å². The molecule has 2 heterocycles. The van der Waals surface area contributed by atoms with E-state index in [-0.39, 0.29) is 12.1 Å². The number of urea groups is 1. The summed E-state index contributed by atoms with van der Waals surface area (Å²) in [5.41, 5.74) is 5.14. The van der Waals surface area contributed by atoms with Gasteiger partial charge in [0.2, 0.25) is 0 Å². The first-order valence-corrected chi connectivity index (χ1v) is 10.1. The first-order valence-electron chi connectivity index (χ1n) is 10.1. The van der Waals surface area contributed by atoms with E-state index in [0.717, 1.165) is 26.1 Å². The molecule has 0 fully saturated rings. The number of hydrogen-bond acceptors (Lipinski definition) is 2. The molecule has 2 aromatic rings. The molecule has 2 amide bonds. The van der Waals surface area contributed by atoms with Gasteiger partial charge in [0.25, 0.3) is 0 Å². The quantitative estimate of drug-likeness (QED) is 0.834. The third-order valence-electron chi connectivity index (χ3n) is 6.09. The highest BCUT2D eigenvalue weighted by atomic mass is 16.2. The summed E-state index contributed by atoms with van der Waals surface area (Å²) in [6.45, 7) is 6.86. The van der Waals surface area contributed by atoms with Crippen LogP contribution in [0.2, 0.25) is 0 Å². The van der Waals surface area contributed by atoms with E-state index in [9.17, 15) is 4.79 Å². The first-order chi connectivity index (χ1) is 13.6. The zero-order valence-corrected chi connectivity index (χ0v) is 16.9. The lowest BCUT2D eigenvalue weighted by Crippen LogP contribution is -2.52. The lowest BCUT2D eigenvalue weighted by atomic mass is 9.81. The van der Waals surface area contributed by atoms with E-state index in [1.54, 1.807) is 0 Å². The fraction of sp³-hybridized carbons (Fsp3) is 0.435. The number of fused-ring (bicyclic) bond motifs is 2. The third-order valence-corrected chi connectivity index (χ3v) is 6.09. The molecular weight excluding hydrogens is 348 g/mol. The highest BCUT2D eigenvalue weighted by molar-refractivity contribution is 5.99. The van der Waals surface area contributed by atoms with Crippen molar-refractivity contribution in [1.82, 2.24) is 19.7 Å². The van der Waals surface area contributed by atoms with Crippen LogP contribution in [0.4, 0.5) is 4.79 Å². The molecule has 5 nitrogen and oxygen atoms in total. The van der Waals surface area contributed by atoms with Gasteiger partial charge in [-0.3, -0.25) is 4.90 Å². The van der Waals surface area contributed by atoms with Gasteiger partial charge in [0, 0.05) is 42.8 Å². The van der Waals surface area contributed by atoms with Crippen LogP contribution < -0.4 is 5.32 Å². The van der Waals surface area contributed by atoms with Crippen LogP contribution in [0.5, 0.6) is 0 Å². The Kier molecular flexibility index (Phi) is 4.91. The maximum absolute atomic E-state index is 12.5. The van der Waals surface area contributed by atoms with Crippen molar-refractivity contribution in [3.8, 4) is 12.3 Å². The van der Waals surface area contributed by atoms with Crippen LogP contribution in [-0.2, 0) is 13.0 Å². The maximum atomic E-state index is 12.5. The minimum absolute atomic E-state index is 0.00794. The molecular formula is C23H28N4O. The Morgan fingerprint density at radius 3 is 2.86 bits per heavy atom. The summed E-state index contributed by atoms with van der Waals surface area (Å²) >= 11 is 0. The summed E-state index contributed by atoms with van der Waals surface area (Å²) < 4.78 is 2.17. The van der Waals surface area contributed by atoms with Crippen molar-refractivity contribution in [2.45, 2.75) is 38.9 Å². The number of likely N-dealkylation sites (N-methyl/N-ethyl adjacent to an activating group) is 1. The van der Waals surface area contributed by atoms with Crippen LogP contribution in [0.15, 0.2) is 30.5 Å². The van der Waals surface area contributed by atoms with E-state index in [1.165, 1.54) is 27.6 Å². The van der Waals surface area contributed by atoms with E-state index in [1.807, 2.05) is 18.7 Å². The zero-order valence-electron chi connectivity index (χ0n) is 16.9. The molecule has 1 N–H and O–H groups in total. The second-order valence-electron chi connectivity index (χ2n) is 7.70. The Morgan fingerprint density at radius 2 is 2.14 bits per heavy atom. The van der Waals surface area contributed by atoms with Gasteiger partial charge in [0.1, 0.15) is 0 Å². The van der Waals surface area contributed by atoms with Crippen LogP contribution >= 0.6 is 0 Å². The molecule has 4 rings (SSSR count). The second kappa shape index (κ2) is 7.37. The van der Waals surface area contributed by atoms with Crippen LogP contribution in [0, 0.1) is 12.3 Å². The third kappa shape index (κ3) is 2.98. The minimum Gasteiger partial charge on any atom is -0.336 e. The van der Waals surface area contributed by atoms with Gasteiger partial charge < -0.3 is 14.8 Å². The highest BCUT2D eigenvalue weighted by Gasteiger charge is 2.34. The highest BCUT2D eigenvalue weighted by Crippen LogP contribution is 2.40. The maximum Gasteiger partial charge on any atom is 0.317 e. The van der Waals surface area contributed by atoms with E-state index >= 15 is 0 Å². The molecule has 28 heavy (non-hydrogen) atoms. The number of rotatable bonds is 4. The van der Waals surface area contributed by atoms with Crippen molar-refractivity contribution in [2.24, 2.45) is 0 Å². The van der Waals surface area contributed by atoms with Gasteiger partial charge in [-0.15, -0.1) is 6.42 Å². The summed E-state index contributed by atoms with van der Waals surface area (Å²) in [6.07, 6.45) is 11.0. The van der Waals surface area contributed by atoms with Crippen molar-refractivity contribution in [3.05, 3.63) is 41.6 Å². The molecule has 2 aliphatic rings. The number of carbonyl (C=O) groups is 1. The largest absolute Gasteiger partial charge is 0.336 e. The predicted octanol–water partition coefficient (Wildman–Crippen LogP) is 2.95. The average Bonchev–Trinajstić information content (AvgIpc) is 3.03. The fourth-order valence-corrected chi connectivity index (χ4v) is 4.71. The van der Waals surface area contributed by atoms with E-state index in [4.69, 9.17) is 6.42 Å². The smallest absolute Gasteiger partial charge is 0.317 e. The Hall–Kier alpha value is -2.71. The number of carbonyl (C=O) groups excluding carboxylic acids is 1. The van der Waals surface area contributed by atoms with Gasteiger partial charge in [-0.1, -0.05) is 24.1 Å². The van der Waals surface area contributed by atoms with Gasteiger partial charge in [-0.2, -0.15) is 0 Å². The predicted molar refractivity (Wildman–Crippen MR) is 114 cm³/mol. The molecule has 2 atom stereocenters.